The highest BCUT2D eigenvalue weighted by molar-refractivity contribution is 6.03. The third-order valence-corrected chi connectivity index (χ3v) is 2.98. The summed E-state index contributed by atoms with van der Waals surface area (Å²) in [5, 5.41) is 19.6. The minimum Gasteiger partial charge on any atom is -0.478 e. The van der Waals surface area contributed by atoms with Gasteiger partial charge in [-0.05, 0) is 26.3 Å². The average Bonchev–Trinajstić information content (AvgIpc) is 2.64. The van der Waals surface area contributed by atoms with Gasteiger partial charge in [-0.2, -0.15) is 0 Å². The van der Waals surface area contributed by atoms with Crippen LogP contribution in [0.1, 0.15) is 30.6 Å². The van der Waals surface area contributed by atoms with E-state index in [1.165, 1.54) is 0 Å². The van der Waals surface area contributed by atoms with Crippen LogP contribution in [0, 0.1) is 0 Å². The van der Waals surface area contributed by atoms with E-state index in [1.807, 2.05) is 22.8 Å². The molecule has 0 atom stereocenters. The summed E-state index contributed by atoms with van der Waals surface area (Å²) in [6.45, 7) is 4.09. The number of nitrogens with zero attached hydrogens (tertiary/aromatic N) is 1. The van der Waals surface area contributed by atoms with Gasteiger partial charge in [0, 0.05) is 23.6 Å². The van der Waals surface area contributed by atoms with Crippen LogP contribution < -0.4 is 0 Å². The first kappa shape index (κ1) is 12.6. The molecule has 96 valence electrons. The zero-order valence-electron chi connectivity index (χ0n) is 10.6. The van der Waals surface area contributed by atoms with E-state index >= 15 is 0 Å². The molecule has 0 spiro atoms. The molecule has 0 amide bonds. The fourth-order valence-electron chi connectivity index (χ4n) is 2.00. The van der Waals surface area contributed by atoms with Gasteiger partial charge >= 0.3 is 5.97 Å². The summed E-state index contributed by atoms with van der Waals surface area (Å²) in [6, 6.07) is 7.41. The van der Waals surface area contributed by atoms with Crippen LogP contribution in [0.2, 0.25) is 0 Å². The van der Waals surface area contributed by atoms with E-state index in [-0.39, 0.29) is 0 Å². The van der Waals surface area contributed by atoms with Crippen LogP contribution in [0.4, 0.5) is 0 Å². The molecule has 4 nitrogen and oxygen atoms in total. The highest BCUT2D eigenvalue weighted by atomic mass is 16.4. The molecule has 0 radical (unpaired) electrons. The number of fused-ring (bicyclic) bond motifs is 1. The van der Waals surface area contributed by atoms with E-state index in [9.17, 15) is 9.90 Å². The molecule has 2 rings (SSSR count). The Morgan fingerprint density at radius 2 is 2.00 bits per heavy atom. The summed E-state index contributed by atoms with van der Waals surface area (Å²) in [4.78, 5) is 11.2. The van der Waals surface area contributed by atoms with Crippen molar-refractivity contribution in [3.8, 4) is 0 Å². The fraction of sp³-hybridized carbons (Fsp3) is 0.357. The second-order valence-electron chi connectivity index (χ2n) is 5.12. The second kappa shape index (κ2) is 4.46. The number of benzene rings is 1. The number of aliphatic hydroxyl groups is 1. The summed E-state index contributed by atoms with van der Waals surface area (Å²) < 4.78 is 1.89. The average molecular weight is 247 g/mol. The Morgan fingerprint density at radius 3 is 2.61 bits per heavy atom. The predicted molar refractivity (Wildman–Crippen MR) is 69.8 cm³/mol. The van der Waals surface area contributed by atoms with Gasteiger partial charge in [-0.25, -0.2) is 4.79 Å². The number of carbonyl (C=O) groups is 1. The van der Waals surface area contributed by atoms with Crippen molar-refractivity contribution in [1.29, 1.82) is 0 Å². The molecule has 0 unspecified atom stereocenters. The number of carboxylic acids is 1. The van der Waals surface area contributed by atoms with Gasteiger partial charge in [0.2, 0.25) is 0 Å². The predicted octanol–water partition coefficient (Wildman–Crippen LogP) is 2.50. The van der Waals surface area contributed by atoms with Crippen molar-refractivity contribution in [3.05, 3.63) is 36.0 Å². The molecule has 0 saturated heterocycles. The smallest absolute Gasteiger partial charge is 0.337 e. The highest BCUT2D eigenvalue weighted by Crippen LogP contribution is 2.22. The number of para-hydroxylation sites is 1. The Bertz CT molecular complexity index is 578. The molecule has 1 aromatic heterocycles. The number of hydrogen-bond acceptors (Lipinski definition) is 2. The maximum atomic E-state index is 11.2. The second-order valence-corrected chi connectivity index (χ2v) is 5.12. The van der Waals surface area contributed by atoms with E-state index in [0.717, 1.165) is 10.9 Å². The molecular formula is C14H17NO3. The van der Waals surface area contributed by atoms with E-state index < -0.39 is 11.6 Å². The van der Waals surface area contributed by atoms with Crippen LogP contribution >= 0.6 is 0 Å². The first-order valence-corrected chi connectivity index (χ1v) is 5.92. The van der Waals surface area contributed by atoms with Gasteiger partial charge in [-0.3, -0.25) is 0 Å². The normalized spacial score (nSPS) is 11.9. The van der Waals surface area contributed by atoms with Gasteiger partial charge in [0.25, 0.3) is 0 Å². The van der Waals surface area contributed by atoms with Gasteiger partial charge < -0.3 is 14.8 Å². The third-order valence-electron chi connectivity index (χ3n) is 2.98. The van der Waals surface area contributed by atoms with Crippen molar-refractivity contribution in [2.45, 2.75) is 32.4 Å². The molecule has 0 aliphatic heterocycles. The number of aromatic carboxylic acids is 1. The molecule has 0 fully saturated rings. The van der Waals surface area contributed by atoms with Gasteiger partial charge in [-0.1, -0.05) is 18.2 Å². The Labute approximate surface area is 105 Å². The van der Waals surface area contributed by atoms with E-state index in [1.54, 1.807) is 26.1 Å². The lowest BCUT2D eigenvalue weighted by molar-refractivity contribution is 0.0666. The van der Waals surface area contributed by atoms with Crippen molar-refractivity contribution >= 4 is 16.9 Å². The number of carboxylic acid groups (broad SMARTS) is 1. The summed E-state index contributed by atoms with van der Waals surface area (Å²) in [6.07, 6.45) is 2.21. The summed E-state index contributed by atoms with van der Waals surface area (Å²) >= 11 is 0. The van der Waals surface area contributed by atoms with Crippen molar-refractivity contribution in [3.63, 3.8) is 0 Å². The monoisotopic (exact) mass is 247 g/mol. The van der Waals surface area contributed by atoms with Gasteiger partial charge in [0.1, 0.15) is 0 Å². The maximum Gasteiger partial charge on any atom is 0.337 e. The molecule has 2 aromatic rings. The quantitative estimate of drug-likeness (QED) is 0.872. The number of rotatable bonds is 4. The first-order chi connectivity index (χ1) is 8.38. The molecule has 0 saturated carbocycles. The van der Waals surface area contributed by atoms with Crippen LogP contribution in [0.3, 0.4) is 0 Å². The number of aromatic nitrogens is 1. The molecular weight excluding hydrogens is 230 g/mol. The van der Waals surface area contributed by atoms with Crippen LogP contribution in [-0.2, 0) is 6.54 Å². The minimum absolute atomic E-state index is 0.307. The standard InChI is InChI=1S/C14H17NO3/c1-14(2,18)7-8-15-9-11(13(16)17)10-5-3-4-6-12(10)15/h3-6,9,18H,7-8H2,1-2H3,(H,16,17). The summed E-state index contributed by atoms with van der Waals surface area (Å²) in [7, 11) is 0. The number of hydrogen-bond donors (Lipinski definition) is 2. The van der Waals surface area contributed by atoms with Gasteiger partial charge in [-0.15, -0.1) is 0 Å². The molecule has 2 N–H and O–H groups in total. The molecule has 18 heavy (non-hydrogen) atoms. The lowest BCUT2D eigenvalue weighted by atomic mass is 10.1. The first-order valence-electron chi connectivity index (χ1n) is 5.92. The van der Waals surface area contributed by atoms with Crippen LogP contribution in [0.15, 0.2) is 30.5 Å². The Balaban J connectivity index is 2.42. The van der Waals surface area contributed by atoms with Crippen LogP contribution in [0.25, 0.3) is 10.9 Å². The van der Waals surface area contributed by atoms with E-state index in [0.29, 0.717) is 18.5 Å². The van der Waals surface area contributed by atoms with E-state index in [4.69, 9.17) is 5.11 Å². The van der Waals surface area contributed by atoms with Crippen molar-refractivity contribution in [2.75, 3.05) is 0 Å². The fourth-order valence-corrected chi connectivity index (χ4v) is 2.00. The summed E-state index contributed by atoms with van der Waals surface area (Å²) in [5.74, 6) is -0.923. The minimum atomic E-state index is -0.923. The van der Waals surface area contributed by atoms with Crippen LogP contribution in [0.5, 0.6) is 0 Å². The topological polar surface area (TPSA) is 62.5 Å². The lowest BCUT2D eigenvalue weighted by Crippen LogP contribution is -2.20. The number of aryl methyl sites for hydroxylation is 1. The van der Waals surface area contributed by atoms with Crippen molar-refractivity contribution in [1.82, 2.24) is 4.57 Å². The molecule has 1 aromatic carbocycles. The molecule has 4 heteroatoms. The van der Waals surface area contributed by atoms with Gasteiger partial charge in [0.15, 0.2) is 0 Å². The zero-order chi connectivity index (χ0) is 13.3. The molecule has 0 aliphatic carbocycles. The SMILES string of the molecule is CC(C)(O)CCn1cc(C(=O)O)c2ccccc21. The maximum absolute atomic E-state index is 11.2. The Hall–Kier alpha value is -1.81. The third kappa shape index (κ3) is 2.54. The molecule has 1 heterocycles. The van der Waals surface area contributed by atoms with E-state index in [2.05, 4.69) is 0 Å². The summed E-state index contributed by atoms with van der Waals surface area (Å²) in [5.41, 5.74) is 0.440. The lowest BCUT2D eigenvalue weighted by Gasteiger charge is -2.17. The zero-order valence-corrected chi connectivity index (χ0v) is 10.6. The molecule has 0 aliphatic rings. The highest BCUT2D eigenvalue weighted by Gasteiger charge is 2.16. The van der Waals surface area contributed by atoms with Gasteiger partial charge in [0.05, 0.1) is 11.2 Å². The van der Waals surface area contributed by atoms with Crippen molar-refractivity contribution < 1.29 is 15.0 Å². The Morgan fingerprint density at radius 1 is 1.33 bits per heavy atom. The largest absolute Gasteiger partial charge is 0.478 e. The Kier molecular flexibility index (Phi) is 3.13. The van der Waals surface area contributed by atoms with Crippen molar-refractivity contribution in [2.24, 2.45) is 0 Å². The molecule has 0 bridgehead atoms. The van der Waals surface area contributed by atoms with Crippen LogP contribution in [-0.4, -0.2) is 26.4 Å².